The van der Waals surface area contributed by atoms with Crippen LogP contribution in [0.3, 0.4) is 0 Å². The number of hydrogen-bond donors (Lipinski definition) is 3. The summed E-state index contributed by atoms with van der Waals surface area (Å²) < 4.78 is 0. The van der Waals surface area contributed by atoms with Crippen LogP contribution < -0.4 is 10.9 Å². The number of fused-ring (bicyclic) bond motifs is 1. The molecular weight excluding hydrogens is 200 g/mol. The number of H-pyrrole nitrogens is 2. The smallest absolute Gasteiger partial charge is 0.269 e. The van der Waals surface area contributed by atoms with Crippen LogP contribution in [0.4, 0.5) is 0 Å². The van der Waals surface area contributed by atoms with E-state index >= 15 is 0 Å². The molecular formula is C8H12N4OS. The zero-order chi connectivity index (χ0) is 10.1. The van der Waals surface area contributed by atoms with Gasteiger partial charge in [-0.2, -0.15) is 0 Å². The molecule has 6 heteroatoms. The number of aromatic nitrogens is 2. The summed E-state index contributed by atoms with van der Waals surface area (Å²) in [5, 5.41) is 9.06. The van der Waals surface area contributed by atoms with Gasteiger partial charge in [0.05, 0.1) is 12.1 Å². The normalized spacial score (nSPS) is 15.1. The Morgan fingerprint density at radius 2 is 2.36 bits per heavy atom. The Balaban J connectivity index is 2.24. The fourth-order valence-electron chi connectivity index (χ4n) is 1.65. The SMILES string of the molecule is CNC(=S)N1CCc2[nH][nH]c(=O)c2C1. The molecule has 0 amide bonds. The highest BCUT2D eigenvalue weighted by Gasteiger charge is 2.21. The van der Waals surface area contributed by atoms with E-state index in [0.29, 0.717) is 11.7 Å². The Bertz CT molecular complexity index is 408. The molecule has 0 spiro atoms. The third kappa shape index (κ3) is 1.41. The number of thiocarbonyl (C=S) groups is 1. The van der Waals surface area contributed by atoms with Crippen LogP contribution in [0.5, 0.6) is 0 Å². The average molecular weight is 212 g/mol. The number of rotatable bonds is 0. The van der Waals surface area contributed by atoms with Gasteiger partial charge in [0.25, 0.3) is 5.56 Å². The van der Waals surface area contributed by atoms with E-state index in [1.54, 1.807) is 7.05 Å². The van der Waals surface area contributed by atoms with Crippen LogP contribution in [0, 0.1) is 0 Å². The molecule has 3 N–H and O–H groups in total. The molecule has 0 saturated carbocycles. The first-order chi connectivity index (χ1) is 6.72. The van der Waals surface area contributed by atoms with Gasteiger partial charge in [-0.15, -0.1) is 0 Å². The molecule has 0 aromatic carbocycles. The molecule has 5 nitrogen and oxygen atoms in total. The summed E-state index contributed by atoms with van der Waals surface area (Å²) in [6.07, 6.45) is 0.829. The highest BCUT2D eigenvalue weighted by Crippen LogP contribution is 2.12. The molecule has 0 radical (unpaired) electrons. The maximum atomic E-state index is 11.3. The first-order valence-electron chi connectivity index (χ1n) is 4.47. The van der Waals surface area contributed by atoms with Crippen molar-refractivity contribution in [2.45, 2.75) is 13.0 Å². The average Bonchev–Trinajstić information content (AvgIpc) is 2.59. The van der Waals surface area contributed by atoms with E-state index in [-0.39, 0.29) is 5.56 Å². The monoisotopic (exact) mass is 212 g/mol. The lowest BCUT2D eigenvalue weighted by Gasteiger charge is -2.27. The Hall–Kier alpha value is -1.30. The summed E-state index contributed by atoms with van der Waals surface area (Å²) in [6.45, 7) is 1.44. The third-order valence-corrected chi connectivity index (χ3v) is 2.91. The van der Waals surface area contributed by atoms with Crippen LogP contribution in [0.1, 0.15) is 11.3 Å². The molecule has 0 atom stereocenters. The predicted molar refractivity (Wildman–Crippen MR) is 57.2 cm³/mol. The minimum atomic E-state index is -0.0383. The molecule has 2 rings (SSSR count). The number of nitrogens with zero attached hydrogens (tertiary/aromatic N) is 1. The molecule has 1 aromatic rings. The lowest BCUT2D eigenvalue weighted by molar-refractivity contribution is 0.387. The second-order valence-electron chi connectivity index (χ2n) is 3.26. The Kier molecular flexibility index (Phi) is 2.28. The number of nitrogens with one attached hydrogen (secondary N) is 3. The molecule has 2 heterocycles. The molecule has 1 aliphatic rings. The molecule has 76 valence electrons. The van der Waals surface area contributed by atoms with Gasteiger partial charge in [0.2, 0.25) is 0 Å². The quantitative estimate of drug-likeness (QED) is 0.510. The van der Waals surface area contributed by atoms with Gasteiger partial charge in [-0.05, 0) is 12.2 Å². The Morgan fingerprint density at radius 3 is 3.07 bits per heavy atom. The molecule has 0 bridgehead atoms. The summed E-state index contributed by atoms with van der Waals surface area (Å²) in [7, 11) is 1.79. The second kappa shape index (κ2) is 3.45. The van der Waals surface area contributed by atoms with Crippen LogP contribution in [0.15, 0.2) is 4.79 Å². The van der Waals surface area contributed by atoms with Crippen LogP contribution >= 0.6 is 12.2 Å². The third-order valence-electron chi connectivity index (χ3n) is 2.45. The zero-order valence-electron chi connectivity index (χ0n) is 7.89. The van der Waals surface area contributed by atoms with Crippen LogP contribution in [-0.4, -0.2) is 33.8 Å². The van der Waals surface area contributed by atoms with Crippen molar-refractivity contribution >= 4 is 17.3 Å². The summed E-state index contributed by atoms with van der Waals surface area (Å²) >= 11 is 5.11. The molecule has 1 aromatic heterocycles. The summed E-state index contributed by atoms with van der Waals surface area (Å²) in [5.41, 5.74) is 1.77. The first kappa shape index (κ1) is 9.26. The van der Waals surface area contributed by atoms with E-state index in [1.807, 2.05) is 4.90 Å². The van der Waals surface area contributed by atoms with Gasteiger partial charge in [-0.1, -0.05) is 0 Å². The van der Waals surface area contributed by atoms with Gasteiger partial charge < -0.3 is 15.3 Å². The fourth-order valence-corrected chi connectivity index (χ4v) is 1.80. The van der Waals surface area contributed by atoms with Crippen LogP contribution in [-0.2, 0) is 13.0 Å². The molecule has 1 aliphatic heterocycles. The second-order valence-corrected chi connectivity index (χ2v) is 3.65. The lowest BCUT2D eigenvalue weighted by atomic mass is 10.1. The molecule has 0 unspecified atom stereocenters. The van der Waals surface area contributed by atoms with E-state index in [9.17, 15) is 4.79 Å². The summed E-state index contributed by atoms with van der Waals surface area (Å²) in [6, 6.07) is 0. The van der Waals surface area contributed by atoms with Crippen molar-refractivity contribution < 1.29 is 0 Å². The van der Waals surface area contributed by atoms with E-state index in [4.69, 9.17) is 12.2 Å². The summed E-state index contributed by atoms with van der Waals surface area (Å²) in [5.74, 6) is 0. The van der Waals surface area contributed by atoms with Crippen molar-refractivity contribution in [3.8, 4) is 0 Å². The first-order valence-corrected chi connectivity index (χ1v) is 4.88. The van der Waals surface area contributed by atoms with Crippen molar-refractivity contribution in [3.63, 3.8) is 0 Å². The molecule has 0 aliphatic carbocycles. The number of aromatic amines is 2. The summed E-state index contributed by atoms with van der Waals surface area (Å²) in [4.78, 5) is 13.3. The highest BCUT2D eigenvalue weighted by molar-refractivity contribution is 7.80. The Labute approximate surface area is 86.5 Å². The molecule has 0 saturated heterocycles. The maximum Gasteiger partial charge on any atom is 0.269 e. The fraction of sp³-hybridized carbons (Fsp3) is 0.500. The minimum absolute atomic E-state index is 0.0383. The van der Waals surface area contributed by atoms with Crippen molar-refractivity contribution in [3.05, 3.63) is 21.6 Å². The van der Waals surface area contributed by atoms with Gasteiger partial charge in [0.1, 0.15) is 0 Å². The standard InChI is InChI=1S/C8H12N4OS/c1-9-8(14)12-3-2-6-5(4-12)7(13)11-10-6/h2-4H2,1H3,(H,9,14)(H2,10,11,13). The van der Waals surface area contributed by atoms with E-state index in [0.717, 1.165) is 24.2 Å². The van der Waals surface area contributed by atoms with Gasteiger partial charge >= 0.3 is 0 Å². The highest BCUT2D eigenvalue weighted by atomic mass is 32.1. The van der Waals surface area contributed by atoms with Gasteiger partial charge in [0.15, 0.2) is 5.11 Å². The van der Waals surface area contributed by atoms with Crippen LogP contribution in [0.25, 0.3) is 0 Å². The minimum Gasteiger partial charge on any atom is -0.366 e. The van der Waals surface area contributed by atoms with Crippen LogP contribution in [0.2, 0.25) is 0 Å². The van der Waals surface area contributed by atoms with E-state index in [2.05, 4.69) is 15.5 Å². The van der Waals surface area contributed by atoms with Crippen molar-refractivity contribution in [2.75, 3.05) is 13.6 Å². The van der Waals surface area contributed by atoms with E-state index < -0.39 is 0 Å². The van der Waals surface area contributed by atoms with Gasteiger partial charge in [-0.25, -0.2) is 0 Å². The number of hydrogen-bond acceptors (Lipinski definition) is 2. The molecule has 0 fully saturated rings. The zero-order valence-corrected chi connectivity index (χ0v) is 8.70. The van der Waals surface area contributed by atoms with Crippen molar-refractivity contribution in [1.29, 1.82) is 0 Å². The maximum absolute atomic E-state index is 11.3. The lowest BCUT2D eigenvalue weighted by Crippen LogP contribution is -2.42. The van der Waals surface area contributed by atoms with Crippen molar-refractivity contribution in [1.82, 2.24) is 20.4 Å². The predicted octanol–water partition coefficient (Wildman–Crippen LogP) is -0.435. The Morgan fingerprint density at radius 1 is 1.57 bits per heavy atom. The van der Waals surface area contributed by atoms with E-state index in [1.165, 1.54) is 0 Å². The largest absolute Gasteiger partial charge is 0.366 e. The topological polar surface area (TPSA) is 63.9 Å². The van der Waals surface area contributed by atoms with Gasteiger partial charge in [-0.3, -0.25) is 9.89 Å². The van der Waals surface area contributed by atoms with Crippen molar-refractivity contribution in [2.24, 2.45) is 0 Å². The molecule has 14 heavy (non-hydrogen) atoms. The van der Waals surface area contributed by atoms with Gasteiger partial charge in [0, 0.05) is 25.7 Å².